The van der Waals surface area contributed by atoms with Crippen molar-refractivity contribution in [3.8, 4) is 0 Å². The minimum atomic E-state index is -0.0351. The summed E-state index contributed by atoms with van der Waals surface area (Å²) in [4.78, 5) is 0. The zero-order chi connectivity index (χ0) is 14.0. The lowest BCUT2D eigenvalue weighted by atomic mass is 9.90. The third kappa shape index (κ3) is 2.87. The molecule has 100 valence electrons. The van der Waals surface area contributed by atoms with Gasteiger partial charge >= 0.3 is 0 Å². The molecule has 1 nitrogen and oxygen atoms in total. The molecule has 0 radical (unpaired) electrons. The number of hydrogen-bond donors (Lipinski definition) is 1. The third-order valence-electron chi connectivity index (χ3n) is 3.77. The van der Waals surface area contributed by atoms with Crippen LogP contribution in [0.15, 0.2) is 36.4 Å². The van der Waals surface area contributed by atoms with Gasteiger partial charge in [0.15, 0.2) is 0 Å². The lowest BCUT2D eigenvalue weighted by Gasteiger charge is -2.19. The average molecular weight is 253 g/mol. The van der Waals surface area contributed by atoms with E-state index in [1.54, 1.807) is 0 Å². The van der Waals surface area contributed by atoms with Gasteiger partial charge in [0.1, 0.15) is 0 Å². The summed E-state index contributed by atoms with van der Waals surface area (Å²) >= 11 is 0. The molecule has 19 heavy (non-hydrogen) atoms. The van der Waals surface area contributed by atoms with Crippen molar-refractivity contribution in [1.82, 2.24) is 0 Å². The van der Waals surface area contributed by atoms with Crippen molar-refractivity contribution in [3.63, 3.8) is 0 Å². The molecule has 0 fully saturated rings. The number of nitrogens with two attached hydrogens (primary N) is 1. The summed E-state index contributed by atoms with van der Waals surface area (Å²) in [6.45, 7) is 8.61. The highest BCUT2D eigenvalue weighted by Crippen LogP contribution is 2.27. The lowest BCUT2D eigenvalue weighted by Crippen LogP contribution is -2.15. The van der Waals surface area contributed by atoms with Crippen LogP contribution in [0.3, 0.4) is 0 Å². The second-order valence-electron chi connectivity index (χ2n) is 5.39. The molecule has 0 aromatic heterocycles. The van der Waals surface area contributed by atoms with E-state index in [1.165, 1.54) is 33.4 Å². The van der Waals surface area contributed by atoms with E-state index in [-0.39, 0.29) is 6.04 Å². The zero-order valence-corrected chi connectivity index (χ0v) is 12.3. The summed E-state index contributed by atoms with van der Waals surface area (Å²) in [5, 5.41) is 0. The maximum absolute atomic E-state index is 6.49. The molecule has 0 saturated carbocycles. The molecule has 0 spiro atoms. The van der Waals surface area contributed by atoms with Crippen LogP contribution in [0.4, 0.5) is 0 Å². The molecular weight excluding hydrogens is 230 g/mol. The molecule has 0 heterocycles. The van der Waals surface area contributed by atoms with Gasteiger partial charge in [-0.25, -0.2) is 0 Å². The van der Waals surface area contributed by atoms with Crippen LogP contribution >= 0.6 is 0 Å². The van der Waals surface area contributed by atoms with E-state index in [1.807, 2.05) is 0 Å². The molecule has 2 aromatic rings. The summed E-state index contributed by atoms with van der Waals surface area (Å²) in [5.74, 6) is 0. The first-order valence-corrected chi connectivity index (χ1v) is 6.95. The van der Waals surface area contributed by atoms with Gasteiger partial charge in [0, 0.05) is 0 Å². The van der Waals surface area contributed by atoms with E-state index in [0.717, 1.165) is 6.42 Å². The van der Waals surface area contributed by atoms with E-state index in [9.17, 15) is 0 Å². The van der Waals surface area contributed by atoms with Gasteiger partial charge in [-0.05, 0) is 55.0 Å². The zero-order valence-electron chi connectivity index (χ0n) is 12.3. The summed E-state index contributed by atoms with van der Waals surface area (Å²) in [6, 6.07) is 13.0. The number of aryl methyl sites for hydroxylation is 4. The molecule has 0 amide bonds. The van der Waals surface area contributed by atoms with Crippen LogP contribution in [0.5, 0.6) is 0 Å². The molecule has 1 atom stereocenters. The first-order valence-electron chi connectivity index (χ1n) is 6.95. The van der Waals surface area contributed by atoms with Crippen LogP contribution < -0.4 is 5.73 Å². The summed E-state index contributed by atoms with van der Waals surface area (Å²) < 4.78 is 0. The Morgan fingerprint density at radius 1 is 1.00 bits per heavy atom. The fourth-order valence-corrected chi connectivity index (χ4v) is 2.85. The Labute approximate surface area is 116 Å². The minimum absolute atomic E-state index is 0.0351. The molecule has 2 aromatic carbocycles. The van der Waals surface area contributed by atoms with Gasteiger partial charge in [-0.15, -0.1) is 0 Å². The number of hydrogen-bond acceptors (Lipinski definition) is 1. The van der Waals surface area contributed by atoms with E-state index in [0.29, 0.717) is 0 Å². The molecular formula is C18H23N. The van der Waals surface area contributed by atoms with Gasteiger partial charge in [0.05, 0.1) is 6.04 Å². The maximum Gasteiger partial charge on any atom is 0.0556 e. The fraction of sp³-hybridized carbons (Fsp3) is 0.333. The molecule has 2 N–H and O–H groups in total. The van der Waals surface area contributed by atoms with Crippen molar-refractivity contribution in [3.05, 3.63) is 69.8 Å². The largest absolute Gasteiger partial charge is 0.320 e. The van der Waals surface area contributed by atoms with E-state index < -0.39 is 0 Å². The molecule has 0 aliphatic heterocycles. The van der Waals surface area contributed by atoms with Crippen LogP contribution in [0.1, 0.15) is 46.3 Å². The fourth-order valence-electron chi connectivity index (χ4n) is 2.85. The van der Waals surface area contributed by atoms with Gasteiger partial charge in [0.2, 0.25) is 0 Å². The molecule has 0 saturated heterocycles. The first kappa shape index (κ1) is 13.8. The predicted molar refractivity (Wildman–Crippen MR) is 82.5 cm³/mol. The van der Waals surface area contributed by atoms with E-state index in [2.05, 4.69) is 64.1 Å². The molecule has 0 aliphatic carbocycles. The normalized spacial score (nSPS) is 12.5. The molecule has 1 heteroatoms. The SMILES string of the molecule is CCc1cccc(C(N)c2c(C)cc(C)cc2C)c1. The molecule has 0 aliphatic rings. The Hall–Kier alpha value is -1.60. The van der Waals surface area contributed by atoms with Gasteiger partial charge in [-0.3, -0.25) is 0 Å². The van der Waals surface area contributed by atoms with Crippen molar-refractivity contribution in [1.29, 1.82) is 0 Å². The molecule has 1 unspecified atom stereocenters. The summed E-state index contributed by atoms with van der Waals surface area (Å²) in [7, 11) is 0. The second kappa shape index (κ2) is 5.58. The summed E-state index contributed by atoms with van der Waals surface area (Å²) in [5.41, 5.74) is 14.2. The third-order valence-corrected chi connectivity index (χ3v) is 3.77. The van der Waals surface area contributed by atoms with Gasteiger partial charge in [-0.1, -0.05) is 48.9 Å². The van der Waals surface area contributed by atoms with Crippen molar-refractivity contribution in [2.45, 2.75) is 40.2 Å². The number of benzene rings is 2. The molecule has 2 rings (SSSR count). The Morgan fingerprint density at radius 2 is 1.63 bits per heavy atom. The monoisotopic (exact) mass is 253 g/mol. The highest BCUT2D eigenvalue weighted by Gasteiger charge is 2.14. The Kier molecular flexibility index (Phi) is 4.06. The van der Waals surface area contributed by atoms with Crippen LogP contribution in [-0.4, -0.2) is 0 Å². The summed E-state index contributed by atoms with van der Waals surface area (Å²) in [6.07, 6.45) is 1.05. The first-order chi connectivity index (χ1) is 9.02. The van der Waals surface area contributed by atoms with Crippen molar-refractivity contribution >= 4 is 0 Å². The highest BCUT2D eigenvalue weighted by molar-refractivity contribution is 5.44. The predicted octanol–water partition coefficient (Wildman–Crippen LogP) is 4.22. The van der Waals surface area contributed by atoms with Crippen LogP contribution in [0, 0.1) is 20.8 Å². The smallest absolute Gasteiger partial charge is 0.0556 e. The van der Waals surface area contributed by atoms with Crippen LogP contribution in [0.25, 0.3) is 0 Å². The Morgan fingerprint density at radius 3 is 2.21 bits per heavy atom. The molecule has 0 bridgehead atoms. The topological polar surface area (TPSA) is 26.0 Å². The second-order valence-corrected chi connectivity index (χ2v) is 5.39. The lowest BCUT2D eigenvalue weighted by molar-refractivity contribution is 0.847. The van der Waals surface area contributed by atoms with Crippen molar-refractivity contribution < 1.29 is 0 Å². The van der Waals surface area contributed by atoms with Gasteiger partial charge < -0.3 is 5.73 Å². The van der Waals surface area contributed by atoms with Gasteiger partial charge in [0.25, 0.3) is 0 Å². The number of rotatable bonds is 3. The van der Waals surface area contributed by atoms with Crippen LogP contribution in [0.2, 0.25) is 0 Å². The minimum Gasteiger partial charge on any atom is -0.320 e. The quantitative estimate of drug-likeness (QED) is 0.870. The standard InChI is InChI=1S/C18H23N/c1-5-15-7-6-8-16(11-15)18(19)17-13(3)9-12(2)10-14(17)4/h6-11,18H,5,19H2,1-4H3. The Bertz CT molecular complexity index is 561. The average Bonchev–Trinajstić information content (AvgIpc) is 2.37. The van der Waals surface area contributed by atoms with E-state index >= 15 is 0 Å². The van der Waals surface area contributed by atoms with Crippen molar-refractivity contribution in [2.75, 3.05) is 0 Å². The maximum atomic E-state index is 6.49. The Balaban J connectivity index is 2.46. The van der Waals surface area contributed by atoms with E-state index in [4.69, 9.17) is 5.73 Å². The van der Waals surface area contributed by atoms with Gasteiger partial charge in [-0.2, -0.15) is 0 Å². The van der Waals surface area contributed by atoms with Crippen LogP contribution in [-0.2, 0) is 6.42 Å². The highest BCUT2D eigenvalue weighted by atomic mass is 14.6. The van der Waals surface area contributed by atoms with Crippen molar-refractivity contribution in [2.24, 2.45) is 5.73 Å².